The van der Waals surface area contributed by atoms with Gasteiger partial charge in [-0.05, 0) is 24.1 Å². The van der Waals surface area contributed by atoms with Crippen LogP contribution in [0, 0.1) is 0 Å². The zero-order chi connectivity index (χ0) is 13.9. The van der Waals surface area contributed by atoms with E-state index in [9.17, 15) is 12.6 Å². The minimum absolute atomic E-state index is 0.0457. The molecular weight excluding hydrogens is 286 g/mol. The van der Waals surface area contributed by atoms with Gasteiger partial charge in [0.15, 0.2) is 0 Å². The Hall–Kier alpha value is -0.760. The van der Waals surface area contributed by atoms with Crippen LogP contribution in [0.5, 0.6) is 0 Å². The molecule has 0 atom stereocenters. The number of hydrogen-bond acceptors (Lipinski definition) is 4. The second-order valence-corrected chi connectivity index (χ2v) is 8.00. The fourth-order valence-corrected chi connectivity index (χ4v) is 4.69. The first-order valence-electron chi connectivity index (χ1n) is 6.09. The van der Waals surface area contributed by atoms with Crippen LogP contribution in [0.3, 0.4) is 0 Å². The third-order valence-corrected chi connectivity index (χ3v) is 6.29. The predicted molar refractivity (Wildman–Crippen MR) is 73.9 cm³/mol. The van der Waals surface area contributed by atoms with E-state index in [0.29, 0.717) is 31.0 Å². The largest absolute Gasteiger partial charge is 0.396 e. The lowest BCUT2D eigenvalue weighted by molar-refractivity contribution is 0.299. The van der Waals surface area contributed by atoms with Crippen LogP contribution in [0.2, 0.25) is 0 Å². The minimum atomic E-state index is -3.48. The lowest BCUT2D eigenvalue weighted by Crippen LogP contribution is -2.41. The van der Waals surface area contributed by atoms with E-state index >= 15 is 0 Å². The van der Waals surface area contributed by atoms with Gasteiger partial charge in [0.1, 0.15) is 0 Å². The van der Waals surface area contributed by atoms with Crippen LogP contribution in [0.4, 0.5) is 0 Å². The molecule has 1 aromatic carbocycles. The summed E-state index contributed by atoms with van der Waals surface area (Å²) in [6, 6.07) is 6.55. The van der Waals surface area contributed by atoms with Crippen LogP contribution in [-0.4, -0.2) is 53.2 Å². The van der Waals surface area contributed by atoms with Gasteiger partial charge in [-0.25, -0.2) is 8.42 Å². The molecule has 2 rings (SSSR count). The summed E-state index contributed by atoms with van der Waals surface area (Å²) >= 11 is 0. The summed E-state index contributed by atoms with van der Waals surface area (Å²) in [7, 11) is -4.37. The summed E-state index contributed by atoms with van der Waals surface area (Å²) < 4.78 is 37.3. The molecule has 106 valence electrons. The van der Waals surface area contributed by atoms with Gasteiger partial charge in [-0.1, -0.05) is 12.1 Å². The van der Waals surface area contributed by atoms with Crippen molar-refractivity contribution in [1.29, 1.82) is 0 Å². The van der Waals surface area contributed by atoms with Crippen molar-refractivity contribution in [3.8, 4) is 0 Å². The molecule has 5 nitrogen and oxygen atoms in total. The van der Waals surface area contributed by atoms with Gasteiger partial charge in [0, 0.05) is 42.0 Å². The molecule has 0 aliphatic carbocycles. The maximum Gasteiger partial charge on any atom is 0.243 e. The molecule has 0 amide bonds. The third kappa shape index (κ3) is 3.42. The van der Waals surface area contributed by atoms with E-state index in [1.165, 1.54) is 4.31 Å². The van der Waals surface area contributed by atoms with Crippen molar-refractivity contribution in [1.82, 2.24) is 4.31 Å². The summed E-state index contributed by atoms with van der Waals surface area (Å²) in [6.45, 7) is 0.671. The zero-order valence-electron chi connectivity index (χ0n) is 10.5. The number of benzene rings is 1. The fourth-order valence-electron chi connectivity index (χ4n) is 1.97. The number of hydrogen-bond donors (Lipinski definition) is 1. The Bertz CT molecular complexity index is 544. The first-order valence-corrected chi connectivity index (χ1v) is 9.02. The molecule has 0 unspecified atom stereocenters. The summed E-state index contributed by atoms with van der Waals surface area (Å²) in [5, 5.41) is 8.82. The first-order chi connectivity index (χ1) is 9.04. The normalized spacial score (nSPS) is 18.6. The van der Waals surface area contributed by atoms with E-state index in [0.717, 1.165) is 5.56 Å². The minimum Gasteiger partial charge on any atom is -0.396 e. The summed E-state index contributed by atoms with van der Waals surface area (Å²) in [6.07, 6.45) is 0.517. The Morgan fingerprint density at radius 3 is 2.26 bits per heavy atom. The highest BCUT2D eigenvalue weighted by Crippen LogP contribution is 2.18. The molecule has 0 bridgehead atoms. The maximum atomic E-state index is 12.3. The van der Waals surface area contributed by atoms with Gasteiger partial charge < -0.3 is 5.11 Å². The molecule has 0 spiro atoms. The quantitative estimate of drug-likeness (QED) is 0.848. The molecule has 0 saturated carbocycles. The van der Waals surface area contributed by atoms with Crippen molar-refractivity contribution >= 4 is 20.8 Å². The Morgan fingerprint density at radius 1 is 1.16 bits per heavy atom. The van der Waals surface area contributed by atoms with E-state index in [-0.39, 0.29) is 11.5 Å². The van der Waals surface area contributed by atoms with Gasteiger partial charge in [-0.2, -0.15) is 4.31 Å². The van der Waals surface area contributed by atoms with E-state index in [1.807, 2.05) is 0 Å². The van der Waals surface area contributed by atoms with Crippen molar-refractivity contribution in [3.05, 3.63) is 29.8 Å². The van der Waals surface area contributed by atoms with Gasteiger partial charge in [-0.15, -0.1) is 0 Å². The van der Waals surface area contributed by atoms with Gasteiger partial charge in [0.2, 0.25) is 10.0 Å². The van der Waals surface area contributed by atoms with Gasteiger partial charge >= 0.3 is 0 Å². The number of rotatable bonds is 4. The predicted octanol–water partition coefficient (Wildman–Crippen LogP) is -0.0256. The summed E-state index contributed by atoms with van der Waals surface area (Å²) in [5.41, 5.74) is 0.904. The molecule has 1 heterocycles. The molecule has 0 radical (unpaired) electrons. The number of sulfonamides is 1. The second kappa shape index (κ2) is 6.13. The average Bonchev–Trinajstić information content (AvgIpc) is 2.40. The molecule has 1 N–H and O–H groups in total. The highest BCUT2D eigenvalue weighted by molar-refractivity contribution is 7.89. The van der Waals surface area contributed by atoms with E-state index < -0.39 is 20.8 Å². The smallest absolute Gasteiger partial charge is 0.243 e. The second-order valence-electron chi connectivity index (χ2n) is 4.37. The Labute approximate surface area is 115 Å². The molecule has 1 fully saturated rings. The third-order valence-electron chi connectivity index (χ3n) is 3.10. The highest BCUT2D eigenvalue weighted by Gasteiger charge is 2.27. The maximum absolute atomic E-state index is 12.3. The Morgan fingerprint density at radius 2 is 1.74 bits per heavy atom. The fraction of sp³-hybridized carbons (Fsp3) is 0.500. The number of nitrogens with zero attached hydrogens (tertiary/aromatic N) is 1. The van der Waals surface area contributed by atoms with E-state index in [4.69, 9.17) is 5.11 Å². The topological polar surface area (TPSA) is 74.7 Å². The van der Waals surface area contributed by atoms with Crippen LogP contribution in [0.1, 0.15) is 5.56 Å². The van der Waals surface area contributed by atoms with Crippen LogP contribution in [-0.2, 0) is 27.2 Å². The Balaban J connectivity index is 2.17. The van der Waals surface area contributed by atoms with E-state index in [2.05, 4.69) is 0 Å². The molecule has 7 heteroatoms. The van der Waals surface area contributed by atoms with Crippen molar-refractivity contribution in [2.45, 2.75) is 11.3 Å². The molecule has 1 aromatic rings. The Kier molecular flexibility index (Phi) is 4.72. The number of aliphatic hydroxyl groups excluding tert-OH is 1. The average molecular weight is 303 g/mol. The van der Waals surface area contributed by atoms with Crippen LogP contribution in [0.25, 0.3) is 0 Å². The molecular formula is C12H17NO4S2. The first kappa shape index (κ1) is 14.6. The van der Waals surface area contributed by atoms with Crippen LogP contribution in [0.15, 0.2) is 29.2 Å². The van der Waals surface area contributed by atoms with Crippen LogP contribution < -0.4 is 0 Å². The van der Waals surface area contributed by atoms with E-state index in [1.54, 1.807) is 24.3 Å². The summed E-state index contributed by atoms with van der Waals surface area (Å²) in [5.74, 6) is 0.809. The number of aliphatic hydroxyl groups is 1. The van der Waals surface area contributed by atoms with Gasteiger partial charge in [0.05, 0.1) is 4.90 Å². The SMILES string of the molecule is O=S1CCN(S(=O)(=O)c2ccc(CCO)cc2)CC1. The zero-order valence-corrected chi connectivity index (χ0v) is 12.1. The van der Waals surface area contributed by atoms with Crippen molar-refractivity contribution in [3.63, 3.8) is 0 Å². The van der Waals surface area contributed by atoms with Gasteiger partial charge in [0.25, 0.3) is 0 Å². The van der Waals surface area contributed by atoms with Crippen molar-refractivity contribution in [2.75, 3.05) is 31.2 Å². The summed E-state index contributed by atoms with van der Waals surface area (Å²) in [4.78, 5) is 0.252. The highest BCUT2D eigenvalue weighted by atomic mass is 32.2. The molecule has 19 heavy (non-hydrogen) atoms. The molecule has 1 saturated heterocycles. The van der Waals surface area contributed by atoms with Crippen LogP contribution >= 0.6 is 0 Å². The van der Waals surface area contributed by atoms with Crippen molar-refractivity contribution in [2.24, 2.45) is 0 Å². The standard InChI is InChI=1S/C12H17NO4S2/c14-8-5-11-1-3-12(4-2-11)19(16,17)13-6-9-18(15)10-7-13/h1-4,14H,5-10H2. The monoisotopic (exact) mass is 303 g/mol. The lowest BCUT2D eigenvalue weighted by Gasteiger charge is -2.25. The lowest BCUT2D eigenvalue weighted by atomic mass is 10.2. The van der Waals surface area contributed by atoms with Gasteiger partial charge in [-0.3, -0.25) is 4.21 Å². The molecule has 1 aliphatic rings. The molecule has 0 aromatic heterocycles. The molecule has 1 aliphatic heterocycles. The van der Waals surface area contributed by atoms with Crippen molar-refractivity contribution < 1.29 is 17.7 Å².